The summed E-state index contributed by atoms with van der Waals surface area (Å²) in [7, 11) is -1.06. The molecule has 2 aromatic rings. The van der Waals surface area contributed by atoms with Crippen molar-refractivity contribution in [2.24, 2.45) is 0 Å². The first-order valence-corrected chi connectivity index (χ1v) is 8.29. The highest BCUT2D eigenvalue weighted by Crippen LogP contribution is 2.44. The van der Waals surface area contributed by atoms with Crippen molar-refractivity contribution in [3.63, 3.8) is 0 Å². The topological polar surface area (TPSA) is 78.9 Å². The van der Waals surface area contributed by atoms with Crippen molar-refractivity contribution >= 4 is 15.8 Å². The standard InChI is InChI=1S/C16H14O6S/c1-20-10-8-12-14(13(9-10)21-2)16(22-15(12)17)23(18,19)11-6-4-3-5-7-11/h3-9,16H,1-2H3. The number of benzene rings is 2. The summed E-state index contributed by atoms with van der Waals surface area (Å²) >= 11 is 0. The van der Waals surface area contributed by atoms with Gasteiger partial charge in [-0.1, -0.05) is 18.2 Å². The molecule has 0 amide bonds. The van der Waals surface area contributed by atoms with Crippen molar-refractivity contribution in [2.75, 3.05) is 14.2 Å². The molecule has 1 unspecified atom stereocenters. The maximum atomic E-state index is 12.8. The summed E-state index contributed by atoms with van der Waals surface area (Å²) in [5.41, 5.74) is -1.11. The molecule has 0 saturated carbocycles. The van der Waals surface area contributed by atoms with Gasteiger partial charge in [-0.05, 0) is 18.2 Å². The Labute approximate surface area is 133 Å². The average Bonchev–Trinajstić information content (AvgIpc) is 2.92. The minimum Gasteiger partial charge on any atom is -0.497 e. The lowest BCUT2D eigenvalue weighted by Crippen LogP contribution is -2.14. The van der Waals surface area contributed by atoms with E-state index in [9.17, 15) is 13.2 Å². The van der Waals surface area contributed by atoms with Gasteiger partial charge in [0.05, 0.1) is 30.2 Å². The number of cyclic esters (lactones) is 1. The molecule has 0 radical (unpaired) electrons. The van der Waals surface area contributed by atoms with Crippen molar-refractivity contribution in [2.45, 2.75) is 10.3 Å². The van der Waals surface area contributed by atoms with Crippen LogP contribution < -0.4 is 9.47 Å². The Hall–Kier alpha value is -2.54. The van der Waals surface area contributed by atoms with E-state index in [0.29, 0.717) is 5.75 Å². The predicted molar refractivity (Wildman–Crippen MR) is 81.3 cm³/mol. The lowest BCUT2D eigenvalue weighted by Gasteiger charge is -2.15. The van der Waals surface area contributed by atoms with Gasteiger partial charge in [0.1, 0.15) is 11.5 Å². The Bertz CT molecular complexity index is 858. The average molecular weight is 334 g/mol. The molecule has 6 nitrogen and oxygen atoms in total. The van der Waals surface area contributed by atoms with E-state index in [4.69, 9.17) is 14.2 Å². The number of hydrogen-bond donors (Lipinski definition) is 0. The lowest BCUT2D eigenvalue weighted by molar-refractivity contribution is 0.0507. The third kappa shape index (κ3) is 2.43. The molecule has 0 aliphatic carbocycles. The minimum absolute atomic E-state index is 0.0727. The molecule has 1 atom stereocenters. The van der Waals surface area contributed by atoms with E-state index in [1.54, 1.807) is 18.2 Å². The van der Waals surface area contributed by atoms with Gasteiger partial charge < -0.3 is 14.2 Å². The first-order valence-electron chi connectivity index (χ1n) is 6.75. The summed E-state index contributed by atoms with van der Waals surface area (Å²) in [4.78, 5) is 12.2. The van der Waals surface area contributed by atoms with Gasteiger partial charge in [-0.15, -0.1) is 0 Å². The Morgan fingerprint density at radius 2 is 1.74 bits per heavy atom. The Morgan fingerprint density at radius 3 is 2.35 bits per heavy atom. The number of hydrogen-bond acceptors (Lipinski definition) is 6. The first-order chi connectivity index (χ1) is 11.0. The van der Waals surface area contributed by atoms with Crippen LogP contribution in [0.5, 0.6) is 11.5 Å². The fourth-order valence-corrected chi connectivity index (χ4v) is 4.02. The van der Waals surface area contributed by atoms with Crippen LogP contribution in [0.4, 0.5) is 0 Å². The smallest absolute Gasteiger partial charge is 0.340 e. The van der Waals surface area contributed by atoms with E-state index < -0.39 is 21.2 Å². The number of sulfone groups is 1. The molecule has 1 aliphatic heterocycles. The van der Waals surface area contributed by atoms with Gasteiger partial charge in [-0.25, -0.2) is 13.2 Å². The molecule has 0 saturated heterocycles. The molecule has 0 bridgehead atoms. The number of ether oxygens (including phenoxy) is 3. The second kappa shape index (κ2) is 5.58. The molecule has 3 rings (SSSR count). The largest absolute Gasteiger partial charge is 0.497 e. The van der Waals surface area contributed by atoms with E-state index in [-0.39, 0.29) is 21.8 Å². The van der Waals surface area contributed by atoms with Gasteiger partial charge in [-0.2, -0.15) is 0 Å². The molecule has 0 fully saturated rings. The molecule has 0 spiro atoms. The summed E-state index contributed by atoms with van der Waals surface area (Å²) < 4.78 is 41.1. The minimum atomic E-state index is -3.90. The zero-order valence-corrected chi connectivity index (χ0v) is 13.3. The summed E-state index contributed by atoms with van der Waals surface area (Å²) in [6.45, 7) is 0. The van der Waals surface area contributed by atoms with Gasteiger partial charge in [0.25, 0.3) is 0 Å². The highest BCUT2D eigenvalue weighted by atomic mass is 32.2. The number of fused-ring (bicyclic) bond motifs is 1. The van der Waals surface area contributed by atoms with Gasteiger partial charge in [-0.3, -0.25) is 0 Å². The van der Waals surface area contributed by atoms with E-state index in [1.807, 2.05) is 0 Å². The molecule has 0 aromatic heterocycles. The third-order valence-electron chi connectivity index (χ3n) is 3.59. The summed E-state index contributed by atoms with van der Waals surface area (Å²) in [5.74, 6) is -0.105. The molecule has 1 aliphatic rings. The third-order valence-corrected chi connectivity index (χ3v) is 5.42. The molecule has 0 N–H and O–H groups in total. The highest BCUT2D eigenvalue weighted by Gasteiger charge is 2.43. The van der Waals surface area contributed by atoms with Crippen molar-refractivity contribution in [3.05, 3.63) is 53.6 Å². The molecule has 2 aromatic carbocycles. The summed E-state index contributed by atoms with van der Waals surface area (Å²) in [5, 5.41) is 0. The van der Waals surface area contributed by atoms with Gasteiger partial charge in [0.2, 0.25) is 15.3 Å². The number of esters is 1. The van der Waals surface area contributed by atoms with Crippen LogP contribution >= 0.6 is 0 Å². The van der Waals surface area contributed by atoms with Crippen LogP contribution in [-0.4, -0.2) is 28.6 Å². The maximum absolute atomic E-state index is 12.8. The molecule has 23 heavy (non-hydrogen) atoms. The summed E-state index contributed by atoms with van der Waals surface area (Å²) in [6, 6.07) is 10.8. The van der Waals surface area contributed by atoms with Crippen LogP contribution in [0.1, 0.15) is 21.4 Å². The van der Waals surface area contributed by atoms with Crippen molar-refractivity contribution in [1.82, 2.24) is 0 Å². The molecular formula is C16H14O6S. The zero-order chi connectivity index (χ0) is 16.6. The SMILES string of the molecule is COc1cc(OC)c2c(c1)C(=O)OC2S(=O)(=O)c1ccccc1. The monoisotopic (exact) mass is 334 g/mol. The van der Waals surface area contributed by atoms with Gasteiger partial charge >= 0.3 is 5.97 Å². The fourth-order valence-electron chi connectivity index (χ4n) is 2.47. The van der Waals surface area contributed by atoms with Crippen LogP contribution in [-0.2, 0) is 14.6 Å². The van der Waals surface area contributed by atoms with Crippen molar-refractivity contribution < 1.29 is 27.4 Å². The number of carbonyl (C=O) groups is 1. The second-order valence-corrected chi connectivity index (χ2v) is 6.88. The molecular weight excluding hydrogens is 320 g/mol. The van der Waals surface area contributed by atoms with Crippen LogP contribution in [0.15, 0.2) is 47.4 Å². The number of carbonyl (C=O) groups excluding carboxylic acids is 1. The Morgan fingerprint density at radius 1 is 1.04 bits per heavy atom. The normalized spacial score (nSPS) is 16.6. The fraction of sp³-hybridized carbons (Fsp3) is 0.188. The molecule has 120 valence electrons. The van der Waals surface area contributed by atoms with Crippen LogP contribution in [0.25, 0.3) is 0 Å². The van der Waals surface area contributed by atoms with E-state index >= 15 is 0 Å². The highest BCUT2D eigenvalue weighted by molar-refractivity contribution is 7.91. The molecule has 1 heterocycles. The zero-order valence-electron chi connectivity index (χ0n) is 12.5. The van der Waals surface area contributed by atoms with Crippen LogP contribution in [0.2, 0.25) is 0 Å². The number of rotatable bonds is 4. The van der Waals surface area contributed by atoms with Crippen molar-refractivity contribution in [3.8, 4) is 11.5 Å². The van der Waals surface area contributed by atoms with E-state index in [1.165, 1.54) is 38.5 Å². The lowest BCUT2D eigenvalue weighted by atomic mass is 10.1. The Kier molecular flexibility index (Phi) is 3.73. The van der Waals surface area contributed by atoms with Crippen molar-refractivity contribution in [1.29, 1.82) is 0 Å². The Balaban J connectivity index is 2.19. The quantitative estimate of drug-likeness (QED) is 0.799. The van der Waals surface area contributed by atoms with Crippen LogP contribution in [0.3, 0.4) is 0 Å². The van der Waals surface area contributed by atoms with Crippen LogP contribution in [0, 0.1) is 0 Å². The second-order valence-electron chi connectivity index (χ2n) is 4.89. The predicted octanol–water partition coefficient (Wildman–Crippen LogP) is 2.35. The van der Waals surface area contributed by atoms with Gasteiger partial charge in [0.15, 0.2) is 0 Å². The van der Waals surface area contributed by atoms with E-state index in [2.05, 4.69) is 0 Å². The van der Waals surface area contributed by atoms with E-state index in [0.717, 1.165) is 0 Å². The molecule has 7 heteroatoms. The number of methoxy groups -OCH3 is 2. The van der Waals surface area contributed by atoms with Gasteiger partial charge in [0, 0.05) is 6.07 Å². The maximum Gasteiger partial charge on any atom is 0.340 e. The first kappa shape index (κ1) is 15.4. The summed E-state index contributed by atoms with van der Waals surface area (Å²) in [6.07, 6.45) is 0.